The fourth-order valence-corrected chi connectivity index (χ4v) is 1.90. The molecular formula is C12H11ClN2OS. The normalized spacial score (nSPS) is 10.5. The van der Waals surface area contributed by atoms with E-state index in [-0.39, 0.29) is 0 Å². The summed E-state index contributed by atoms with van der Waals surface area (Å²) >= 11 is 7.04. The number of thioether (sulfide) groups is 1. The lowest BCUT2D eigenvalue weighted by atomic mass is 10.1. The highest BCUT2D eigenvalue weighted by molar-refractivity contribution is 7.99. The van der Waals surface area contributed by atoms with Gasteiger partial charge in [0.25, 0.3) is 5.22 Å². The van der Waals surface area contributed by atoms with E-state index >= 15 is 0 Å². The van der Waals surface area contributed by atoms with E-state index in [1.165, 1.54) is 17.3 Å². The molecule has 88 valence electrons. The van der Waals surface area contributed by atoms with Crippen LogP contribution in [-0.2, 0) is 0 Å². The minimum Gasteiger partial charge on any atom is -0.411 e. The van der Waals surface area contributed by atoms with Crippen molar-refractivity contribution in [3.8, 4) is 11.5 Å². The van der Waals surface area contributed by atoms with Gasteiger partial charge in [-0.05, 0) is 19.1 Å². The third kappa shape index (κ3) is 3.35. The van der Waals surface area contributed by atoms with Gasteiger partial charge in [-0.1, -0.05) is 47.6 Å². The molecule has 0 aliphatic carbocycles. The number of aryl methyl sites for hydroxylation is 1. The van der Waals surface area contributed by atoms with Crippen LogP contribution < -0.4 is 0 Å². The van der Waals surface area contributed by atoms with Crippen LogP contribution >= 0.6 is 23.4 Å². The van der Waals surface area contributed by atoms with Crippen molar-refractivity contribution in [2.45, 2.75) is 12.1 Å². The molecule has 2 rings (SSSR count). The number of hydrogen-bond donors (Lipinski definition) is 0. The van der Waals surface area contributed by atoms with Crippen LogP contribution in [0.2, 0.25) is 0 Å². The molecule has 1 aromatic carbocycles. The fraction of sp³-hybridized carbons (Fsp3) is 0.167. The van der Waals surface area contributed by atoms with Gasteiger partial charge in [-0.25, -0.2) is 0 Å². The summed E-state index contributed by atoms with van der Waals surface area (Å²) in [6.07, 6.45) is 0. The van der Waals surface area contributed by atoms with E-state index in [1.54, 1.807) is 0 Å². The second-order valence-electron chi connectivity index (χ2n) is 3.55. The maximum Gasteiger partial charge on any atom is 0.277 e. The molecule has 0 saturated carbocycles. The first-order valence-corrected chi connectivity index (χ1v) is 6.38. The zero-order valence-corrected chi connectivity index (χ0v) is 10.9. The Balaban J connectivity index is 2.12. The first-order valence-electron chi connectivity index (χ1n) is 5.02. The third-order valence-corrected chi connectivity index (χ3v) is 3.25. The van der Waals surface area contributed by atoms with Crippen molar-refractivity contribution in [1.82, 2.24) is 10.2 Å². The van der Waals surface area contributed by atoms with E-state index in [0.717, 1.165) is 5.56 Å². The number of benzene rings is 1. The molecule has 0 spiro atoms. The highest BCUT2D eigenvalue weighted by Crippen LogP contribution is 2.24. The van der Waals surface area contributed by atoms with Gasteiger partial charge in [-0.2, -0.15) is 0 Å². The standard InChI is InChI=1S/C12H11ClN2OS/c1-8-3-5-10(6-4-8)11-14-15-12(16-11)17-7-9(2)13/h3-6H,2,7H2,1H3. The lowest BCUT2D eigenvalue weighted by Crippen LogP contribution is -1.78. The molecule has 1 aromatic heterocycles. The van der Waals surface area contributed by atoms with Crippen molar-refractivity contribution in [2.75, 3.05) is 5.75 Å². The molecule has 0 fully saturated rings. The first-order chi connectivity index (χ1) is 8.15. The Hall–Kier alpha value is -1.26. The Morgan fingerprint density at radius 2 is 2.06 bits per heavy atom. The van der Waals surface area contributed by atoms with Crippen LogP contribution in [0.25, 0.3) is 11.5 Å². The summed E-state index contributed by atoms with van der Waals surface area (Å²) < 4.78 is 5.50. The Labute approximate surface area is 109 Å². The maximum absolute atomic E-state index is 5.66. The van der Waals surface area contributed by atoms with Gasteiger partial charge < -0.3 is 4.42 Å². The predicted octanol–water partition coefficient (Wildman–Crippen LogP) is 3.89. The van der Waals surface area contributed by atoms with Crippen LogP contribution in [0, 0.1) is 6.92 Å². The summed E-state index contributed by atoms with van der Waals surface area (Å²) in [6, 6.07) is 7.93. The van der Waals surface area contributed by atoms with Gasteiger partial charge in [0, 0.05) is 16.3 Å². The zero-order chi connectivity index (χ0) is 12.3. The summed E-state index contributed by atoms with van der Waals surface area (Å²) in [5.41, 5.74) is 2.11. The van der Waals surface area contributed by atoms with Gasteiger partial charge in [-0.3, -0.25) is 0 Å². The molecule has 2 aromatic rings. The molecule has 0 aliphatic heterocycles. The van der Waals surface area contributed by atoms with Crippen LogP contribution in [0.15, 0.2) is 45.5 Å². The molecule has 0 aliphatic rings. The second kappa shape index (κ2) is 5.38. The van der Waals surface area contributed by atoms with E-state index in [1.807, 2.05) is 31.2 Å². The molecule has 0 atom stereocenters. The molecule has 17 heavy (non-hydrogen) atoms. The Morgan fingerprint density at radius 3 is 2.71 bits per heavy atom. The van der Waals surface area contributed by atoms with Crippen molar-refractivity contribution in [3.05, 3.63) is 41.4 Å². The van der Waals surface area contributed by atoms with Gasteiger partial charge >= 0.3 is 0 Å². The van der Waals surface area contributed by atoms with Crippen molar-refractivity contribution in [1.29, 1.82) is 0 Å². The topological polar surface area (TPSA) is 38.9 Å². The Morgan fingerprint density at radius 1 is 1.35 bits per heavy atom. The highest BCUT2D eigenvalue weighted by atomic mass is 35.5. The molecule has 3 nitrogen and oxygen atoms in total. The molecule has 0 radical (unpaired) electrons. The molecular weight excluding hydrogens is 256 g/mol. The minimum absolute atomic E-state index is 0.502. The maximum atomic E-state index is 5.66. The second-order valence-corrected chi connectivity index (χ2v) is 5.01. The van der Waals surface area contributed by atoms with E-state index in [4.69, 9.17) is 16.0 Å². The van der Waals surface area contributed by atoms with Crippen LogP contribution in [0.4, 0.5) is 0 Å². The average molecular weight is 267 g/mol. The van der Waals surface area contributed by atoms with E-state index in [9.17, 15) is 0 Å². The van der Waals surface area contributed by atoms with E-state index in [2.05, 4.69) is 16.8 Å². The van der Waals surface area contributed by atoms with Crippen LogP contribution in [0.5, 0.6) is 0 Å². The molecule has 1 heterocycles. The van der Waals surface area contributed by atoms with E-state index in [0.29, 0.717) is 21.9 Å². The monoisotopic (exact) mass is 266 g/mol. The summed E-state index contributed by atoms with van der Waals surface area (Å²) in [5.74, 6) is 1.09. The first kappa shape index (κ1) is 12.2. The van der Waals surface area contributed by atoms with Crippen molar-refractivity contribution < 1.29 is 4.42 Å². The predicted molar refractivity (Wildman–Crippen MR) is 70.2 cm³/mol. The summed E-state index contributed by atoms with van der Waals surface area (Å²) in [7, 11) is 0. The van der Waals surface area contributed by atoms with Crippen molar-refractivity contribution in [3.63, 3.8) is 0 Å². The number of hydrogen-bond acceptors (Lipinski definition) is 4. The number of aromatic nitrogens is 2. The van der Waals surface area contributed by atoms with Gasteiger partial charge in [0.05, 0.1) is 0 Å². The number of rotatable bonds is 4. The minimum atomic E-state index is 0.502. The molecule has 0 unspecified atom stereocenters. The average Bonchev–Trinajstić information content (AvgIpc) is 2.76. The van der Waals surface area contributed by atoms with Gasteiger partial charge in [0.1, 0.15) is 0 Å². The highest BCUT2D eigenvalue weighted by Gasteiger charge is 2.08. The number of nitrogens with zero attached hydrogens (tertiary/aromatic N) is 2. The smallest absolute Gasteiger partial charge is 0.277 e. The zero-order valence-electron chi connectivity index (χ0n) is 9.31. The van der Waals surface area contributed by atoms with Crippen molar-refractivity contribution in [2.24, 2.45) is 0 Å². The molecule has 0 N–H and O–H groups in total. The van der Waals surface area contributed by atoms with Crippen LogP contribution in [0.1, 0.15) is 5.56 Å². The Bertz CT molecular complexity index is 522. The summed E-state index contributed by atoms with van der Waals surface area (Å²) in [6.45, 7) is 5.63. The van der Waals surface area contributed by atoms with Crippen molar-refractivity contribution >= 4 is 23.4 Å². The lowest BCUT2D eigenvalue weighted by Gasteiger charge is -1.95. The lowest BCUT2D eigenvalue weighted by molar-refractivity contribution is 0.466. The molecule has 5 heteroatoms. The molecule has 0 saturated heterocycles. The fourth-order valence-electron chi connectivity index (χ4n) is 1.22. The number of halogens is 1. The molecule has 0 bridgehead atoms. The van der Waals surface area contributed by atoms with Gasteiger partial charge in [-0.15, -0.1) is 10.2 Å². The largest absolute Gasteiger partial charge is 0.411 e. The van der Waals surface area contributed by atoms with Gasteiger partial charge in [0.15, 0.2) is 0 Å². The SMILES string of the molecule is C=C(Cl)CSc1nnc(-c2ccc(C)cc2)o1. The van der Waals surface area contributed by atoms with Gasteiger partial charge in [0.2, 0.25) is 5.89 Å². The summed E-state index contributed by atoms with van der Waals surface area (Å²) in [4.78, 5) is 0. The van der Waals surface area contributed by atoms with Crippen LogP contribution in [0.3, 0.4) is 0 Å². The third-order valence-electron chi connectivity index (χ3n) is 2.06. The van der Waals surface area contributed by atoms with E-state index < -0.39 is 0 Å². The summed E-state index contributed by atoms with van der Waals surface area (Å²) in [5, 5.41) is 8.98. The Kier molecular flexibility index (Phi) is 3.86. The van der Waals surface area contributed by atoms with Crippen LogP contribution in [-0.4, -0.2) is 16.0 Å². The molecule has 0 amide bonds. The quantitative estimate of drug-likeness (QED) is 0.787.